The number of ether oxygens (including phenoxy) is 4. The van der Waals surface area contributed by atoms with Crippen LogP contribution in [-0.4, -0.2) is 103 Å². The largest absolute Gasteiger partial charge is 0.497 e. The smallest absolute Gasteiger partial charge is 0.410 e. The van der Waals surface area contributed by atoms with Gasteiger partial charge in [-0.25, -0.2) is 26.4 Å². The van der Waals surface area contributed by atoms with Crippen molar-refractivity contribution < 1.29 is 40.6 Å². The maximum Gasteiger partial charge on any atom is 0.410 e. The molecule has 0 unspecified atom stereocenters. The van der Waals surface area contributed by atoms with Crippen molar-refractivity contribution in [2.24, 2.45) is 0 Å². The number of amides is 1. The molecule has 0 spiro atoms. The number of nitrogens with one attached hydrogen (secondary N) is 1. The van der Waals surface area contributed by atoms with Gasteiger partial charge in [0.15, 0.2) is 0 Å². The molecular weight excluding hydrogens is 875 g/mol. The lowest BCUT2D eigenvalue weighted by atomic mass is 10.00. The van der Waals surface area contributed by atoms with Crippen LogP contribution >= 0.6 is 0 Å². The molecule has 20 heteroatoms. The van der Waals surface area contributed by atoms with E-state index in [1.165, 1.54) is 52.7 Å². The Morgan fingerprint density at radius 1 is 0.815 bits per heavy atom. The number of benzene rings is 4. The van der Waals surface area contributed by atoms with Crippen LogP contribution in [0.5, 0.6) is 17.2 Å². The minimum atomic E-state index is -4.91. The lowest BCUT2D eigenvalue weighted by Crippen LogP contribution is -2.41. The van der Waals surface area contributed by atoms with Crippen LogP contribution in [0.4, 0.5) is 10.5 Å². The van der Waals surface area contributed by atoms with Crippen LogP contribution in [0.1, 0.15) is 43.9 Å². The highest BCUT2D eigenvalue weighted by Crippen LogP contribution is 2.42. The molecule has 7 rings (SSSR count). The van der Waals surface area contributed by atoms with Crippen LogP contribution < -0.4 is 24.7 Å². The van der Waals surface area contributed by atoms with Crippen molar-refractivity contribution in [1.29, 1.82) is 0 Å². The second-order valence-corrected chi connectivity index (χ2v) is 19.9. The fraction of sp³-hybridized carbons (Fsp3) is 0.311. The number of nitrogens with two attached hydrogens (primary N) is 1. The molecule has 1 aliphatic heterocycles. The summed E-state index contributed by atoms with van der Waals surface area (Å²) in [6.07, 6.45) is 2.56. The summed E-state index contributed by atoms with van der Waals surface area (Å²) in [4.78, 5) is 18.8. The van der Waals surface area contributed by atoms with Crippen LogP contribution in [0.15, 0.2) is 113 Å². The lowest BCUT2D eigenvalue weighted by Gasteiger charge is -2.27. The Kier molecular flexibility index (Phi) is 13.7. The van der Waals surface area contributed by atoms with E-state index >= 15 is 8.42 Å². The number of pyridine rings is 1. The van der Waals surface area contributed by atoms with E-state index in [0.29, 0.717) is 33.9 Å². The van der Waals surface area contributed by atoms with Crippen LogP contribution in [0, 0.1) is 0 Å². The van der Waals surface area contributed by atoms with Gasteiger partial charge in [-0.05, 0) is 103 Å². The molecule has 2 aromatic heterocycles. The monoisotopic (exact) mass is 925 g/mol. The Morgan fingerprint density at radius 3 is 1.92 bits per heavy atom. The first-order valence-electron chi connectivity index (χ1n) is 20.5. The van der Waals surface area contributed by atoms with Gasteiger partial charge in [0.2, 0.25) is 25.9 Å². The number of nitrogens with zero attached hydrogens (tertiary/aromatic N) is 7. The molecule has 3 heterocycles. The van der Waals surface area contributed by atoms with E-state index in [9.17, 15) is 13.2 Å². The molecular formula is C45H51N9O9S2. The first-order chi connectivity index (χ1) is 31.0. The number of likely N-dealkylation sites (tertiary alicyclic amines) is 1. The van der Waals surface area contributed by atoms with E-state index in [1.807, 2.05) is 12.1 Å². The van der Waals surface area contributed by atoms with Gasteiger partial charge in [-0.15, -0.1) is 10.2 Å². The summed E-state index contributed by atoms with van der Waals surface area (Å²) in [6.45, 7) is 5.15. The molecule has 1 atom stereocenters. The summed E-state index contributed by atoms with van der Waals surface area (Å²) in [5.74, 6) is 1.58. The zero-order valence-corrected chi connectivity index (χ0v) is 38.5. The number of hydrogen-bond donors (Lipinski definition) is 2. The van der Waals surface area contributed by atoms with Crippen molar-refractivity contribution >= 4 is 31.8 Å². The van der Waals surface area contributed by atoms with Gasteiger partial charge < -0.3 is 29.6 Å². The van der Waals surface area contributed by atoms with E-state index in [2.05, 4.69) is 25.1 Å². The summed E-state index contributed by atoms with van der Waals surface area (Å²) < 4.78 is 87.3. The minimum Gasteiger partial charge on any atom is -0.497 e. The molecule has 0 saturated carbocycles. The molecule has 4 aromatic carbocycles. The number of hydrogen-bond acceptors (Lipinski definition) is 14. The first-order valence-corrected chi connectivity index (χ1v) is 23.4. The van der Waals surface area contributed by atoms with E-state index in [4.69, 9.17) is 24.7 Å². The van der Waals surface area contributed by atoms with Gasteiger partial charge in [0.25, 0.3) is 0 Å². The highest BCUT2D eigenvalue weighted by Gasteiger charge is 2.40. The third-order valence-corrected chi connectivity index (χ3v) is 14.0. The molecule has 342 valence electrons. The van der Waals surface area contributed by atoms with Crippen LogP contribution in [0.3, 0.4) is 0 Å². The zero-order chi connectivity index (χ0) is 46.5. The van der Waals surface area contributed by atoms with E-state index in [0.717, 1.165) is 5.56 Å². The number of aromatic nitrogens is 5. The Balaban J connectivity index is 1.43. The second-order valence-electron chi connectivity index (χ2n) is 16.3. The first kappa shape index (κ1) is 46.4. The summed E-state index contributed by atoms with van der Waals surface area (Å²) in [6, 6.07) is 24.5. The quantitative estimate of drug-likeness (QED) is 0.118. The van der Waals surface area contributed by atoms with Gasteiger partial charge >= 0.3 is 6.09 Å². The Morgan fingerprint density at radius 2 is 1.38 bits per heavy atom. The number of nitrogen functional groups attached to an aromatic ring is 1. The minimum absolute atomic E-state index is 0.0154. The SMILES string of the molecule is COc1ccc(CN(Cc2ccc(OC)cc2)S(=O)(=O)c2c(S(=O)(=O)N[C@@H]3CCN(C(=O)OC(C)(C)C)C3)ccc(-c3cncc(N)c3)c2-c2nnn(Cc3ccc(OC)cc3)n2)cc1. The third-order valence-electron chi connectivity index (χ3n) is 10.4. The molecule has 0 radical (unpaired) electrons. The molecule has 1 amide bonds. The Hall–Kier alpha value is -6.61. The summed E-state index contributed by atoms with van der Waals surface area (Å²) >= 11 is 0. The highest BCUT2D eigenvalue weighted by molar-refractivity contribution is 7.92. The fourth-order valence-electron chi connectivity index (χ4n) is 7.26. The van der Waals surface area contributed by atoms with Crippen molar-refractivity contribution in [3.63, 3.8) is 0 Å². The Labute approximate surface area is 378 Å². The number of tetrazole rings is 1. The van der Waals surface area contributed by atoms with E-state index < -0.39 is 47.6 Å². The van der Waals surface area contributed by atoms with E-state index in [1.54, 1.807) is 94.6 Å². The fourth-order valence-corrected chi connectivity index (χ4v) is 10.9. The standard InChI is InChI=1S/C45H51N9O9S2/c1-45(2,3)63-44(55)52-22-21-35(29-52)50-64(56,57)40-20-19-39(33-23-34(46)25-47-24-33)41(43-48-51-54(49-43)28-32-11-17-38(62-6)18-12-32)42(40)65(58,59)53(26-30-7-13-36(60-4)14-8-30)27-31-9-15-37(61-5)16-10-31/h7-20,23-25,35,50H,21-22,26-29,46H2,1-6H3/t35-/m1/s1. The number of methoxy groups -OCH3 is 3. The molecule has 1 saturated heterocycles. The van der Waals surface area contributed by atoms with E-state index in [-0.39, 0.29) is 61.8 Å². The van der Waals surface area contributed by atoms with Crippen molar-refractivity contribution in [2.45, 2.75) is 68.3 Å². The van der Waals surface area contributed by atoms with Gasteiger partial charge in [0.05, 0.1) is 39.1 Å². The molecule has 1 fully saturated rings. The number of carbonyl (C=O) groups is 1. The molecule has 6 aromatic rings. The molecule has 18 nitrogen and oxygen atoms in total. The van der Waals surface area contributed by atoms with Gasteiger partial charge in [0.1, 0.15) is 32.6 Å². The third kappa shape index (κ3) is 11.0. The molecule has 3 N–H and O–H groups in total. The second kappa shape index (κ2) is 19.2. The van der Waals surface area contributed by atoms with Crippen molar-refractivity contribution in [1.82, 2.24) is 39.1 Å². The molecule has 1 aliphatic rings. The summed E-state index contributed by atoms with van der Waals surface area (Å²) in [7, 11) is -5.03. The number of sulfonamides is 2. The summed E-state index contributed by atoms with van der Waals surface area (Å²) in [5.41, 5.74) is 8.10. The van der Waals surface area contributed by atoms with Gasteiger partial charge in [-0.3, -0.25) is 4.98 Å². The van der Waals surface area contributed by atoms with Gasteiger partial charge in [0, 0.05) is 50.2 Å². The van der Waals surface area contributed by atoms with Gasteiger partial charge in [-0.1, -0.05) is 42.5 Å². The highest BCUT2D eigenvalue weighted by atomic mass is 32.2. The number of rotatable bonds is 16. The Bertz CT molecular complexity index is 2800. The molecule has 0 aliphatic carbocycles. The van der Waals surface area contributed by atoms with Crippen molar-refractivity contribution in [3.8, 4) is 39.8 Å². The zero-order valence-electron chi connectivity index (χ0n) is 36.8. The maximum absolute atomic E-state index is 15.9. The molecule has 65 heavy (non-hydrogen) atoms. The topological polar surface area (TPSA) is 223 Å². The number of carbonyl (C=O) groups excluding carboxylic acids is 1. The van der Waals surface area contributed by atoms with Crippen LogP contribution in [-0.2, 0) is 44.4 Å². The summed E-state index contributed by atoms with van der Waals surface area (Å²) in [5, 5.41) is 13.4. The molecule has 0 bridgehead atoms. The predicted molar refractivity (Wildman–Crippen MR) is 242 cm³/mol. The lowest BCUT2D eigenvalue weighted by molar-refractivity contribution is 0.0292. The average molecular weight is 926 g/mol. The van der Waals surface area contributed by atoms with Crippen molar-refractivity contribution in [3.05, 3.63) is 120 Å². The van der Waals surface area contributed by atoms with Crippen LogP contribution in [0.2, 0.25) is 0 Å². The van der Waals surface area contributed by atoms with Crippen molar-refractivity contribution in [2.75, 3.05) is 40.2 Å². The van der Waals surface area contributed by atoms with Crippen LogP contribution in [0.25, 0.3) is 22.5 Å². The average Bonchev–Trinajstić information content (AvgIpc) is 3.95. The normalized spacial score (nSPS) is 14.4. The number of anilines is 1. The van der Waals surface area contributed by atoms with Gasteiger partial charge in [-0.2, -0.15) is 9.10 Å². The predicted octanol–water partition coefficient (Wildman–Crippen LogP) is 5.74. The maximum atomic E-state index is 15.9.